The predicted molar refractivity (Wildman–Crippen MR) is 51.5 cm³/mol. The molecule has 3 nitrogen and oxygen atoms in total. The van der Waals surface area contributed by atoms with Crippen LogP contribution >= 0.6 is 0 Å². The minimum absolute atomic E-state index is 0.0340. The molecule has 0 spiro atoms. The van der Waals surface area contributed by atoms with Gasteiger partial charge in [0.1, 0.15) is 0 Å². The summed E-state index contributed by atoms with van der Waals surface area (Å²) in [6.07, 6.45) is 2.59. The molecule has 1 aliphatic carbocycles. The Hall–Kier alpha value is -0.730. The summed E-state index contributed by atoms with van der Waals surface area (Å²) in [5.41, 5.74) is -0.0340. The van der Waals surface area contributed by atoms with Crippen LogP contribution in [0.1, 0.15) is 33.6 Å². The van der Waals surface area contributed by atoms with Crippen molar-refractivity contribution in [3.05, 3.63) is 0 Å². The molecule has 1 aliphatic heterocycles. The second-order valence-electron chi connectivity index (χ2n) is 5.17. The van der Waals surface area contributed by atoms with E-state index >= 15 is 0 Å². The summed E-state index contributed by atoms with van der Waals surface area (Å²) < 4.78 is 0. The minimum Gasteiger partial charge on any atom is -0.333 e. The molecule has 1 atom stereocenters. The summed E-state index contributed by atoms with van der Waals surface area (Å²) in [5, 5.41) is 3.06. The molecule has 1 heterocycles. The van der Waals surface area contributed by atoms with E-state index in [-0.39, 0.29) is 11.6 Å². The normalized spacial score (nSPS) is 29.3. The average molecular weight is 182 g/mol. The Labute approximate surface area is 79.5 Å². The van der Waals surface area contributed by atoms with E-state index in [0.717, 1.165) is 12.5 Å². The Morgan fingerprint density at radius 3 is 2.38 bits per heavy atom. The Morgan fingerprint density at radius 1 is 1.38 bits per heavy atom. The summed E-state index contributed by atoms with van der Waals surface area (Å²) in [6, 6.07) is 0.538. The first kappa shape index (κ1) is 8.85. The summed E-state index contributed by atoms with van der Waals surface area (Å²) in [4.78, 5) is 13.5. The van der Waals surface area contributed by atoms with Crippen LogP contribution in [0.15, 0.2) is 0 Å². The van der Waals surface area contributed by atoms with Gasteiger partial charge in [-0.1, -0.05) is 0 Å². The Bertz CT molecular complexity index is 228. The van der Waals surface area contributed by atoms with Crippen molar-refractivity contribution in [2.24, 2.45) is 5.92 Å². The van der Waals surface area contributed by atoms with Gasteiger partial charge in [-0.2, -0.15) is 0 Å². The molecule has 2 fully saturated rings. The van der Waals surface area contributed by atoms with E-state index in [1.54, 1.807) is 0 Å². The largest absolute Gasteiger partial charge is 0.333 e. The van der Waals surface area contributed by atoms with E-state index < -0.39 is 0 Å². The number of nitrogens with one attached hydrogen (secondary N) is 1. The van der Waals surface area contributed by atoms with E-state index in [0.29, 0.717) is 6.04 Å². The quantitative estimate of drug-likeness (QED) is 0.656. The number of hydrogen-bond acceptors (Lipinski definition) is 1. The van der Waals surface area contributed by atoms with Crippen LogP contribution in [-0.4, -0.2) is 29.1 Å². The highest BCUT2D eigenvalue weighted by molar-refractivity contribution is 5.77. The van der Waals surface area contributed by atoms with E-state index in [1.807, 2.05) is 4.90 Å². The summed E-state index contributed by atoms with van der Waals surface area (Å²) in [6.45, 7) is 7.15. The molecule has 1 unspecified atom stereocenters. The first-order valence-corrected chi connectivity index (χ1v) is 5.06. The first-order chi connectivity index (χ1) is 5.98. The van der Waals surface area contributed by atoms with E-state index in [4.69, 9.17) is 0 Å². The van der Waals surface area contributed by atoms with Gasteiger partial charge in [0, 0.05) is 12.1 Å². The van der Waals surface area contributed by atoms with Gasteiger partial charge in [0.2, 0.25) is 0 Å². The maximum atomic E-state index is 11.6. The van der Waals surface area contributed by atoms with Crippen LogP contribution < -0.4 is 5.32 Å². The first-order valence-electron chi connectivity index (χ1n) is 5.06. The van der Waals surface area contributed by atoms with Gasteiger partial charge in [0.15, 0.2) is 0 Å². The van der Waals surface area contributed by atoms with Crippen molar-refractivity contribution in [1.29, 1.82) is 0 Å². The summed E-state index contributed by atoms with van der Waals surface area (Å²) in [5.74, 6) is 0.760. The fourth-order valence-electron chi connectivity index (χ4n) is 1.91. The van der Waals surface area contributed by atoms with Crippen LogP contribution in [-0.2, 0) is 0 Å². The smallest absolute Gasteiger partial charge is 0.318 e. The number of hydrogen-bond donors (Lipinski definition) is 1. The zero-order valence-corrected chi connectivity index (χ0v) is 8.63. The molecule has 13 heavy (non-hydrogen) atoms. The van der Waals surface area contributed by atoms with Crippen LogP contribution in [0.4, 0.5) is 4.79 Å². The highest BCUT2D eigenvalue weighted by atomic mass is 16.2. The van der Waals surface area contributed by atoms with Gasteiger partial charge in [0.05, 0.1) is 6.04 Å². The zero-order chi connectivity index (χ0) is 9.64. The molecule has 2 rings (SSSR count). The molecule has 1 N–H and O–H groups in total. The maximum absolute atomic E-state index is 11.6. The molecule has 0 aromatic rings. The SMILES string of the molecule is CC(C)(C)N1CC(C2CC2)NC1=O. The third kappa shape index (κ3) is 1.64. The number of carbonyl (C=O) groups excluding carboxylic acids is 1. The fraction of sp³-hybridized carbons (Fsp3) is 0.900. The highest BCUT2D eigenvalue weighted by Gasteiger charge is 2.42. The lowest BCUT2D eigenvalue weighted by molar-refractivity contribution is 0.169. The molecule has 3 heteroatoms. The van der Waals surface area contributed by atoms with Crippen molar-refractivity contribution in [1.82, 2.24) is 10.2 Å². The van der Waals surface area contributed by atoms with Crippen molar-refractivity contribution in [2.75, 3.05) is 6.54 Å². The van der Waals surface area contributed by atoms with E-state index in [9.17, 15) is 4.79 Å². The molecule has 2 aliphatic rings. The zero-order valence-electron chi connectivity index (χ0n) is 8.63. The minimum atomic E-state index is -0.0340. The second kappa shape index (κ2) is 2.63. The number of carbonyl (C=O) groups is 1. The van der Waals surface area contributed by atoms with Gasteiger partial charge < -0.3 is 10.2 Å². The predicted octanol–water partition coefficient (Wildman–Crippen LogP) is 1.59. The van der Waals surface area contributed by atoms with Gasteiger partial charge in [-0.15, -0.1) is 0 Å². The molecule has 0 aromatic carbocycles. The number of nitrogens with zero attached hydrogens (tertiary/aromatic N) is 1. The number of amides is 2. The lowest BCUT2D eigenvalue weighted by Gasteiger charge is -2.30. The van der Waals surface area contributed by atoms with Crippen LogP contribution in [0.25, 0.3) is 0 Å². The van der Waals surface area contributed by atoms with E-state index in [1.165, 1.54) is 12.8 Å². The van der Waals surface area contributed by atoms with Crippen molar-refractivity contribution >= 4 is 6.03 Å². The van der Waals surface area contributed by atoms with Gasteiger partial charge in [-0.25, -0.2) is 4.79 Å². The topological polar surface area (TPSA) is 32.3 Å². The summed E-state index contributed by atoms with van der Waals surface area (Å²) >= 11 is 0. The number of rotatable bonds is 1. The van der Waals surface area contributed by atoms with Crippen LogP contribution in [0, 0.1) is 5.92 Å². The van der Waals surface area contributed by atoms with Crippen LogP contribution in [0.5, 0.6) is 0 Å². The molecular formula is C10H18N2O. The van der Waals surface area contributed by atoms with Gasteiger partial charge in [0.25, 0.3) is 0 Å². The average Bonchev–Trinajstić information content (AvgIpc) is 2.73. The second-order valence-corrected chi connectivity index (χ2v) is 5.17. The van der Waals surface area contributed by atoms with Crippen molar-refractivity contribution in [3.8, 4) is 0 Å². The molecular weight excluding hydrogens is 164 g/mol. The Balaban J connectivity index is 2.02. The number of urea groups is 1. The third-order valence-electron chi connectivity index (χ3n) is 2.93. The van der Waals surface area contributed by atoms with Crippen molar-refractivity contribution in [2.45, 2.75) is 45.2 Å². The molecule has 0 radical (unpaired) electrons. The molecule has 74 valence electrons. The van der Waals surface area contributed by atoms with E-state index in [2.05, 4.69) is 26.1 Å². The lowest BCUT2D eigenvalue weighted by Crippen LogP contribution is -2.43. The molecule has 1 saturated heterocycles. The monoisotopic (exact) mass is 182 g/mol. The Morgan fingerprint density at radius 2 is 2.00 bits per heavy atom. The van der Waals surface area contributed by atoms with Crippen molar-refractivity contribution < 1.29 is 4.79 Å². The summed E-state index contributed by atoms with van der Waals surface area (Å²) in [7, 11) is 0. The Kier molecular flexibility index (Phi) is 1.79. The van der Waals surface area contributed by atoms with Crippen LogP contribution in [0.2, 0.25) is 0 Å². The standard InChI is InChI=1S/C10H18N2O/c1-10(2,3)12-6-8(7-4-5-7)11-9(12)13/h7-8H,4-6H2,1-3H3,(H,11,13). The van der Waals surface area contributed by atoms with Gasteiger partial charge >= 0.3 is 6.03 Å². The van der Waals surface area contributed by atoms with Gasteiger partial charge in [-0.3, -0.25) is 0 Å². The maximum Gasteiger partial charge on any atom is 0.318 e. The molecule has 0 bridgehead atoms. The van der Waals surface area contributed by atoms with Crippen LogP contribution in [0.3, 0.4) is 0 Å². The third-order valence-corrected chi connectivity index (χ3v) is 2.93. The van der Waals surface area contributed by atoms with Gasteiger partial charge in [-0.05, 0) is 39.5 Å². The van der Waals surface area contributed by atoms with Crippen molar-refractivity contribution in [3.63, 3.8) is 0 Å². The molecule has 0 aromatic heterocycles. The lowest BCUT2D eigenvalue weighted by atomic mass is 10.1. The fourth-order valence-corrected chi connectivity index (χ4v) is 1.91. The molecule has 1 saturated carbocycles. The highest BCUT2D eigenvalue weighted by Crippen LogP contribution is 2.35. The molecule has 2 amide bonds.